The molecule has 0 aromatic rings. The van der Waals surface area contributed by atoms with Gasteiger partial charge in [-0.1, -0.05) is 0 Å². The molecule has 3 nitrogen and oxygen atoms in total. The van der Waals surface area contributed by atoms with E-state index in [0.29, 0.717) is 0 Å². The van der Waals surface area contributed by atoms with Crippen LogP contribution in [0.1, 0.15) is 6.42 Å². The number of hydrogen-bond acceptors (Lipinski definition) is 3. The molecule has 2 N–H and O–H groups in total. The molecule has 0 heterocycles. The molecular weight excluding hydrogens is 142 g/mol. The van der Waals surface area contributed by atoms with Gasteiger partial charge in [-0.2, -0.15) is 0 Å². The summed E-state index contributed by atoms with van der Waals surface area (Å²) in [6.45, 7) is 0. The molecule has 0 fully saturated rings. The summed E-state index contributed by atoms with van der Waals surface area (Å²) in [4.78, 5) is 0. The SMILES string of the molecule is COC1=CC=C(N)CC1OC. The first kappa shape index (κ1) is 8.14. The number of allylic oxidation sites excluding steroid dienone is 2. The zero-order chi connectivity index (χ0) is 8.27. The Morgan fingerprint density at radius 1 is 1.45 bits per heavy atom. The van der Waals surface area contributed by atoms with Gasteiger partial charge in [-0.3, -0.25) is 0 Å². The van der Waals surface area contributed by atoms with Crippen LogP contribution in [0.15, 0.2) is 23.6 Å². The summed E-state index contributed by atoms with van der Waals surface area (Å²) in [7, 11) is 3.28. The highest BCUT2D eigenvalue weighted by molar-refractivity contribution is 5.22. The summed E-state index contributed by atoms with van der Waals surface area (Å²) in [5.74, 6) is 0.835. The monoisotopic (exact) mass is 155 g/mol. The van der Waals surface area contributed by atoms with Crippen molar-refractivity contribution in [3.8, 4) is 0 Å². The van der Waals surface area contributed by atoms with E-state index >= 15 is 0 Å². The van der Waals surface area contributed by atoms with Gasteiger partial charge in [0.15, 0.2) is 0 Å². The van der Waals surface area contributed by atoms with Gasteiger partial charge in [-0.25, -0.2) is 0 Å². The van der Waals surface area contributed by atoms with E-state index in [0.717, 1.165) is 17.9 Å². The van der Waals surface area contributed by atoms with Crippen molar-refractivity contribution in [1.29, 1.82) is 0 Å². The normalized spacial score (nSPS) is 24.0. The molecule has 0 spiro atoms. The molecule has 1 unspecified atom stereocenters. The number of methoxy groups -OCH3 is 2. The smallest absolute Gasteiger partial charge is 0.125 e. The van der Waals surface area contributed by atoms with Crippen LogP contribution in [0, 0.1) is 0 Å². The highest BCUT2D eigenvalue weighted by Crippen LogP contribution is 2.18. The summed E-state index contributed by atoms with van der Waals surface area (Å²) in [6.07, 6.45) is 4.39. The summed E-state index contributed by atoms with van der Waals surface area (Å²) < 4.78 is 10.2. The molecule has 3 heteroatoms. The minimum Gasteiger partial charge on any atom is -0.498 e. The van der Waals surface area contributed by atoms with Gasteiger partial charge in [0.2, 0.25) is 0 Å². The first-order valence-electron chi connectivity index (χ1n) is 3.51. The van der Waals surface area contributed by atoms with E-state index in [1.165, 1.54) is 0 Å². The Morgan fingerprint density at radius 2 is 2.18 bits per heavy atom. The van der Waals surface area contributed by atoms with Crippen LogP contribution in [0.2, 0.25) is 0 Å². The molecular formula is C8H13NO2. The molecule has 1 aliphatic carbocycles. The van der Waals surface area contributed by atoms with Crippen molar-refractivity contribution in [1.82, 2.24) is 0 Å². The van der Waals surface area contributed by atoms with E-state index in [1.54, 1.807) is 14.2 Å². The molecule has 1 rings (SSSR count). The van der Waals surface area contributed by atoms with Crippen LogP contribution < -0.4 is 5.73 Å². The third-order valence-corrected chi connectivity index (χ3v) is 1.72. The van der Waals surface area contributed by atoms with Crippen LogP contribution in [-0.2, 0) is 9.47 Å². The van der Waals surface area contributed by atoms with E-state index in [4.69, 9.17) is 15.2 Å². The van der Waals surface area contributed by atoms with E-state index in [-0.39, 0.29) is 6.10 Å². The average Bonchev–Trinajstić information content (AvgIpc) is 2.04. The predicted molar refractivity (Wildman–Crippen MR) is 42.8 cm³/mol. The van der Waals surface area contributed by atoms with E-state index in [2.05, 4.69) is 0 Å². The topological polar surface area (TPSA) is 44.5 Å². The first-order valence-corrected chi connectivity index (χ1v) is 3.51. The molecule has 62 valence electrons. The van der Waals surface area contributed by atoms with Crippen LogP contribution in [0.5, 0.6) is 0 Å². The third kappa shape index (κ3) is 1.74. The van der Waals surface area contributed by atoms with Crippen molar-refractivity contribution in [3.05, 3.63) is 23.6 Å². The number of ether oxygens (including phenoxy) is 2. The Morgan fingerprint density at radius 3 is 2.73 bits per heavy atom. The van der Waals surface area contributed by atoms with E-state index < -0.39 is 0 Å². The average molecular weight is 155 g/mol. The van der Waals surface area contributed by atoms with Crippen molar-refractivity contribution in [2.24, 2.45) is 5.73 Å². The number of rotatable bonds is 2. The van der Waals surface area contributed by atoms with Gasteiger partial charge in [0, 0.05) is 19.2 Å². The summed E-state index contributed by atoms with van der Waals surface area (Å²) in [6, 6.07) is 0. The second-order valence-corrected chi connectivity index (χ2v) is 2.44. The molecule has 0 aromatic heterocycles. The molecule has 0 radical (unpaired) electrons. The maximum absolute atomic E-state index is 5.60. The van der Waals surface area contributed by atoms with Crippen molar-refractivity contribution < 1.29 is 9.47 Å². The lowest BCUT2D eigenvalue weighted by Crippen LogP contribution is -2.21. The maximum Gasteiger partial charge on any atom is 0.125 e. The van der Waals surface area contributed by atoms with Crippen LogP contribution in [0.4, 0.5) is 0 Å². The highest BCUT2D eigenvalue weighted by atomic mass is 16.5. The van der Waals surface area contributed by atoms with Gasteiger partial charge >= 0.3 is 0 Å². The van der Waals surface area contributed by atoms with Crippen molar-refractivity contribution in [3.63, 3.8) is 0 Å². The standard InChI is InChI=1S/C8H13NO2/c1-10-7-4-3-6(9)5-8(7)11-2/h3-4,8H,5,9H2,1-2H3. The zero-order valence-electron chi connectivity index (χ0n) is 6.83. The third-order valence-electron chi connectivity index (χ3n) is 1.72. The van der Waals surface area contributed by atoms with Gasteiger partial charge in [0.1, 0.15) is 11.9 Å². The summed E-state index contributed by atoms with van der Waals surface area (Å²) >= 11 is 0. The minimum atomic E-state index is -0.00926. The van der Waals surface area contributed by atoms with Gasteiger partial charge in [0.25, 0.3) is 0 Å². The molecule has 0 aromatic carbocycles. The van der Waals surface area contributed by atoms with Crippen LogP contribution >= 0.6 is 0 Å². The Hall–Kier alpha value is -0.960. The largest absolute Gasteiger partial charge is 0.498 e. The van der Waals surface area contributed by atoms with Gasteiger partial charge in [-0.05, 0) is 12.2 Å². The lowest BCUT2D eigenvalue weighted by molar-refractivity contribution is 0.0772. The Bertz CT molecular complexity index is 196. The molecule has 1 aliphatic rings. The van der Waals surface area contributed by atoms with Crippen LogP contribution in [-0.4, -0.2) is 20.3 Å². The zero-order valence-corrected chi connectivity index (χ0v) is 6.83. The van der Waals surface area contributed by atoms with E-state index in [1.807, 2.05) is 12.2 Å². The molecule has 0 amide bonds. The van der Waals surface area contributed by atoms with E-state index in [9.17, 15) is 0 Å². The maximum atomic E-state index is 5.60. The van der Waals surface area contributed by atoms with Crippen molar-refractivity contribution >= 4 is 0 Å². The Balaban J connectivity index is 2.71. The lowest BCUT2D eigenvalue weighted by atomic mass is 10.1. The minimum absolute atomic E-state index is 0.00926. The first-order chi connectivity index (χ1) is 5.27. The van der Waals surface area contributed by atoms with Crippen LogP contribution in [0.25, 0.3) is 0 Å². The summed E-state index contributed by atoms with van der Waals surface area (Å²) in [5.41, 5.74) is 6.43. The Kier molecular flexibility index (Phi) is 2.54. The fourth-order valence-electron chi connectivity index (χ4n) is 1.08. The van der Waals surface area contributed by atoms with Crippen molar-refractivity contribution in [2.75, 3.05) is 14.2 Å². The van der Waals surface area contributed by atoms with Gasteiger partial charge < -0.3 is 15.2 Å². The summed E-state index contributed by atoms with van der Waals surface area (Å²) in [5, 5.41) is 0. The molecule has 0 saturated carbocycles. The fourth-order valence-corrected chi connectivity index (χ4v) is 1.08. The predicted octanol–water partition coefficient (Wildman–Crippen LogP) is 0.778. The Labute approximate surface area is 66.5 Å². The number of hydrogen-bond donors (Lipinski definition) is 1. The van der Waals surface area contributed by atoms with Gasteiger partial charge in [0.05, 0.1) is 7.11 Å². The highest BCUT2D eigenvalue weighted by Gasteiger charge is 2.17. The second kappa shape index (κ2) is 3.44. The van der Waals surface area contributed by atoms with Crippen LogP contribution in [0.3, 0.4) is 0 Å². The quantitative estimate of drug-likeness (QED) is 0.640. The lowest BCUT2D eigenvalue weighted by Gasteiger charge is -2.20. The molecule has 11 heavy (non-hydrogen) atoms. The fraction of sp³-hybridized carbons (Fsp3) is 0.500. The van der Waals surface area contributed by atoms with Gasteiger partial charge in [-0.15, -0.1) is 0 Å². The second-order valence-electron chi connectivity index (χ2n) is 2.44. The molecule has 0 saturated heterocycles. The molecule has 1 atom stereocenters. The van der Waals surface area contributed by atoms with Crippen molar-refractivity contribution in [2.45, 2.75) is 12.5 Å². The number of nitrogens with two attached hydrogens (primary N) is 1. The molecule has 0 bridgehead atoms. The molecule has 0 aliphatic heterocycles.